The van der Waals surface area contributed by atoms with E-state index >= 15 is 0 Å². The Labute approximate surface area is 136 Å². The van der Waals surface area contributed by atoms with E-state index in [2.05, 4.69) is 26.1 Å². The van der Waals surface area contributed by atoms with E-state index in [0.717, 1.165) is 36.8 Å². The van der Waals surface area contributed by atoms with Gasteiger partial charge in [-0.3, -0.25) is 9.48 Å². The van der Waals surface area contributed by atoms with Crippen LogP contribution >= 0.6 is 0 Å². The van der Waals surface area contributed by atoms with Gasteiger partial charge in [0.25, 0.3) is 5.91 Å². The molecule has 0 atom stereocenters. The van der Waals surface area contributed by atoms with Gasteiger partial charge in [-0.15, -0.1) is 0 Å². The molecule has 0 saturated heterocycles. The van der Waals surface area contributed by atoms with Gasteiger partial charge in [0.15, 0.2) is 0 Å². The summed E-state index contributed by atoms with van der Waals surface area (Å²) < 4.78 is 2.15. The van der Waals surface area contributed by atoms with Crippen molar-refractivity contribution in [2.24, 2.45) is 5.92 Å². The monoisotopic (exact) mass is 310 g/mol. The van der Waals surface area contributed by atoms with Crippen LogP contribution in [0, 0.1) is 5.92 Å². The van der Waals surface area contributed by atoms with Crippen molar-refractivity contribution in [3.05, 3.63) is 47.8 Å². The van der Waals surface area contributed by atoms with Crippen molar-refractivity contribution in [1.29, 1.82) is 0 Å². The third-order valence-corrected chi connectivity index (χ3v) is 4.97. The predicted molar refractivity (Wildman–Crippen MR) is 89.4 cm³/mol. The fraction of sp³-hybridized carbons (Fsp3) is 0.444. The van der Waals surface area contributed by atoms with Gasteiger partial charge in [0, 0.05) is 31.5 Å². The van der Waals surface area contributed by atoms with E-state index in [1.165, 1.54) is 25.0 Å². The second-order valence-electron chi connectivity index (χ2n) is 6.50. The third-order valence-electron chi connectivity index (χ3n) is 4.97. The molecule has 1 aliphatic heterocycles. The molecule has 1 saturated carbocycles. The van der Waals surface area contributed by atoms with Crippen LogP contribution in [-0.4, -0.2) is 28.8 Å². The number of fused-ring (bicyclic) bond motifs is 1. The SMILES string of the molecule is O=C1NCCN(Cc2ccnn2CC2CCC2)c2ccccc21. The van der Waals surface area contributed by atoms with Gasteiger partial charge < -0.3 is 10.2 Å². The molecule has 23 heavy (non-hydrogen) atoms. The van der Waals surface area contributed by atoms with Gasteiger partial charge in [-0.05, 0) is 37.0 Å². The Morgan fingerprint density at radius 3 is 2.91 bits per heavy atom. The Balaban J connectivity index is 1.57. The van der Waals surface area contributed by atoms with Gasteiger partial charge in [-0.25, -0.2) is 0 Å². The number of anilines is 1. The lowest BCUT2D eigenvalue weighted by molar-refractivity contribution is 0.0958. The van der Waals surface area contributed by atoms with Crippen LogP contribution in [0.4, 0.5) is 5.69 Å². The molecule has 5 heteroatoms. The molecule has 1 aliphatic carbocycles. The lowest BCUT2D eigenvalue weighted by atomic mass is 9.85. The number of rotatable bonds is 4. The summed E-state index contributed by atoms with van der Waals surface area (Å²) in [5.74, 6) is 0.805. The average Bonchev–Trinajstić information content (AvgIpc) is 2.90. The second kappa shape index (κ2) is 6.07. The molecule has 1 N–H and O–H groups in total. The maximum absolute atomic E-state index is 12.2. The topological polar surface area (TPSA) is 50.2 Å². The van der Waals surface area contributed by atoms with Crippen molar-refractivity contribution in [1.82, 2.24) is 15.1 Å². The first kappa shape index (κ1) is 14.3. The maximum Gasteiger partial charge on any atom is 0.253 e. The van der Waals surface area contributed by atoms with Crippen LogP contribution < -0.4 is 10.2 Å². The van der Waals surface area contributed by atoms with E-state index in [0.29, 0.717) is 6.54 Å². The van der Waals surface area contributed by atoms with Crippen molar-refractivity contribution in [3.8, 4) is 0 Å². The van der Waals surface area contributed by atoms with E-state index in [-0.39, 0.29) is 5.91 Å². The molecular formula is C18H22N4O. The van der Waals surface area contributed by atoms with Gasteiger partial charge in [0.05, 0.1) is 17.8 Å². The summed E-state index contributed by atoms with van der Waals surface area (Å²) in [6, 6.07) is 9.95. The number of hydrogen-bond donors (Lipinski definition) is 1. The number of para-hydroxylation sites is 1. The zero-order valence-corrected chi connectivity index (χ0v) is 13.2. The number of carbonyl (C=O) groups is 1. The lowest BCUT2D eigenvalue weighted by Crippen LogP contribution is -2.31. The third kappa shape index (κ3) is 2.83. The molecule has 1 aromatic carbocycles. The molecule has 120 valence electrons. The summed E-state index contributed by atoms with van der Waals surface area (Å²) in [5.41, 5.74) is 3.00. The zero-order chi connectivity index (χ0) is 15.6. The van der Waals surface area contributed by atoms with Crippen molar-refractivity contribution in [2.75, 3.05) is 18.0 Å². The minimum atomic E-state index is 0.0195. The summed E-state index contributed by atoms with van der Waals surface area (Å²) >= 11 is 0. The largest absolute Gasteiger partial charge is 0.363 e. The van der Waals surface area contributed by atoms with Gasteiger partial charge >= 0.3 is 0 Å². The average molecular weight is 310 g/mol. The molecule has 2 heterocycles. The summed E-state index contributed by atoms with van der Waals surface area (Å²) in [6.45, 7) is 3.30. The summed E-state index contributed by atoms with van der Waals surface area (Å²) in [4.78, 5) is 14.4. The number of benzene rings is 1. The Hall–Kier alpha value is -2.30. The summed E-state index contributed by atoms with van der Waals surface area (Å²) in [5, 5.41) is 7.48. The molecule has 0 spiro atoms. The van der Waals surface area contributed by atoms with Crippen molar-refractivity contribution in [2.45, 2.75) is 32.4 Å². The number of nitrogens with zero attached hydrogens (tertiary/aromatic N) is 3. The zero-order valence-electron chi connectivity index (χ0n) is 13.2. The molecule has 2 aromatic rings. The minimum absolute atomic E-state index is 0.0195. The van der Waals surface area contributed by atoms with E-state index in [1.54, 1.807) is 0 Å². The summed E-state index contributed by atoms with van der Waals surface area (Å²) in [6.07, 6.45) is 5.89. The number of amides is 1. The molecular weight excluding hydrogens is 288 g/mol. The maximum atomic E-state index is 12.2. The molecule has 0 bridgehead atoms. The highest BCUT2D eigenvalue weighted by Gasteiger charge is 2.23. The standard InChI is InChI=1S/C18H22N4O/c23-18-16-6-1-2-7-17(16)21(11-10-19-18)13-15-8-9-20-22(15)12-14-4-3-5-14/h1-2,6-9,14H,3-5,10-13H2,(H,19,23). The highest BCUT2D eigenvalue weighted by molar-refractivity contribution is 6.00. The Bertz CT molecular complexity index is 705. The minimum Gasteiger partial charge on any atom is -0.363 e. The van der Waals surface area contributed by atoms with Crippen LogP contribution in [0.15, 0.2) is 36.5 Å². The Kier molecular flexibility index (Phi) is 3.77. The molecule has 2 aliphatic rings. The van der Waals surface area contributed by atoms with Crippen LogP contribution in [0.1, 0.15) is 35.3 Å². The van der Waals surface area contributed by atoms with Crippen LogP contribution in [0.5, 0.6) is 0 Å². The Morgan fingerprint density at radius 2 is 2.09 bits per heavy atom. The van der Waals surface area contributed by atoms with E-state index in [9.17, 15) is 4.79 Å². The molecule has 1 amide bonds. The number of aromatic nitrogens is 2. The first-order valence-corrected chi connectivity index (χ1v) is 8.44. The fourth-order valence-electron chi connectivity index (χ4n) is 3.40. The van der Waals surface area contributed by atoms with E-state index in [4.69, 9.17) is 0 Å². The molecule has 1 fully saturated rings. The highest BCUT2D eigenvalue weighted by atomic mass is 16.1. The first-order valence-electron chi connectivity index (χ1n) is 8.44. The molecule has 4 rings (SSSR count). The van der Waals surface area contributed by atoms with Crippen LogP contribution in [0.2, 0.25) is 0 Å². The van der Waals surface area contributed by atoms with Crippen LogP contribution in [-0.2, 0) is 13.1 Å². The molecule has 1 aromatic heterocycles. The normalized spacial score (nSPS) is 18.1. The van der Waals surface area contributed by atoms with Gasteiger partial charge in [-0.2, -0.15) is 5.10 Å². The Morgan fingerprint density at radius 1 is 1.22 bits per heavy atom. The van der Waals surface area contributed by atoms with Gasteiger partial charge in [-0.1, -0.05) is 18.6 Å². The molecule has 0 radical (unpaired) electrons. The smallest absolute Gasteiger partial charge is 0.253 e. The van der Waals surface area contributed by atoms with E-state index in [1.807, 2.05) is 30.5 Å². The van der Waals surface area contributed by atoms with Crippen LogP contribution in [0.25, 0.3) is 0 Å². The van der Waals surface area contributed by atoms with Gasteiger partial charge in [0.1, 0.15) is 0 Å². The van der Waals surface area contributed by atoms with Crippen molar-refractivity contribution in [3.63, 3.8) is 0 Å². The quantitative estimate of drug-likeness (QED) is 0.943. The van der Waals surface area contributed by atoms with Crippen LogP contribution in [0.3, 0.4) is 0 Å². The fourth-order valence-corrected chi connectivity index (χ4v) is 3.40. The lowest BCUT2D eigenvalue weighted by Gasteiger charge is -2.28. The molecule has 5 nitrogen and oxygen atoms in total. The first-order chi connectivity index (χ1) is 11.3. The highest BCUT2D eigenvalue weighted by Crippen LogP contribution is 2.29. The molecule has 0 unspecified atom stereocenters. The second-order valence-corrected chi connectivity index (χ2v) is 6.50. The number of nitrogens with one attached hydrogen (secondary N) is 1. The van der Waals surface area contributed by atoms with Crippen molar-refractivity contribution < 1.29 is 4.79 Å². The number of carbonyl (C=O) groups excluding carboxylic acids is 1. The number of hydrogen-bond acceptors (Lipinski definition) is 3. The van der Waals surface area contributed by atoms with Gasteiger partial charge in [0.2, 0.25) is 0 Å². The summed E-state index contributed by atoms with van der Waals surface area (Å²) in [7, 11) is 0. The van der Waals surface area contributed by atoms with Crippen molar-refractivity contribution >= 4 is 11.6 Å². The predicted octanol–water partition coefficient (Wildman–Crippen LogP) is 2.43. The van der Waals surface area contributed by atoms with E-state index < -0.39 is 0 Å².